The highest BCUT2D eigenvalue weighted by molar-refractivity contribution is 5.48. The summed E-state index contributed by atoms with van der Waals surface area (Å²) >= 11 is 0. The average molecular weight is 266 g/mol. The number of ether oxygens (including phenoxy) is 1. The largest absolute Gasteiger partial charge is 0.493 e. The first-order valence-electron chi connectivity index (χ1n) is 7.35. The number of fused-ring (bicyclic) bond motifs is 1. The smallest absolute Gasteiger partial charge is 0.128 e. The molecule has 1 aliphatic heterocycles. The zero-order valence-electron chi connectivity index (χ0n) is 11.4. The van der Waals surface area contributed by atoms with Crippen molar-refractivity contribution in [3.63, 3.8) is 0 Å². The van der Waals surface area contributed by atoms with E-state index in [1.807, 2.05) is 18.2 Å². The van der Waals surface area contributed by atoms with Crippen LogP contribution in [0.2, 0.25) is 0 Å². The second-order valence-corrected chi connectivity index (χ2v) is 5.78. The molecular formula is C18H18O2. The molecular weight excluding hydrogens is 248 g/mol. The predicted molar refractivity (Wildman–Crippen MR) is 78.1 cm³/mol. The lowest BCUT2D eigenvalue weighted by Gasteiger charge is -2.16. The van der Waals surface area contributed by atoms with Crippen LogP contribution in [0.5, 0.6) is 5.75 Å². The second-order valence-electron chi connectivity index (χ2n) is 5.78. The van der Waals surface area contributed by atoms with Gasteiger partial charge in [-0.05, 0) is 35.4 Å². The third-order valence-corrected chi connectivity index (χ3v) is 4.31. The minimum absolute atomic E-state index is 0.596. The second kappa shape index (κ2) is 4.64. The molecule has 0 spiro atoms. The molecule has 0 bridgehead atoms. The van der Waals surface area contributed by atoms with E-state index in [2.05, 4.69) is 24.3 Å². The Morgan fingerprint density at radius 2 is 1.95 bits per heavy atom. The molecule has 2 aromatic rings. The molecule has 102 valence electrons. The zero-order valence-corrected chi connectivity index (χ0v) is 11.4. The van der Waals surface area contributed by atoms with Crippen molar-refractivity contribution in [3.8, 4) is 5.75 Å². The Balaban J connectivity index is 1.71. The summed E-state index contributed by atoms with van der Waals surface area (Å²) in [5.74, 6) is 1.59. The van der Waals surface area contributed by atoms with Gasteiger partial charge in [0.15, 0.2) is 0 Å². The fourth-order valence-electron chi connectivity index (χ4n) is 3.04. The average Bonchev–Trinajstić information content (AvgIpc) is 3.23. The van der Waals surface area contributed by atoms with Gasteiger partial charge in [0.05, 0.1) is 6.61 Å². The summed E-state index contributed by atoms with van der Waals surface area (Å²) in [4.78, 5) is 0. The minimum atomic E-state index is -0.596. The molecule has 2 heteroatoms. The summed E-state index contributed by atoms with van der Waals surface area (Å²) in [6.45, 7) is 0.723. The number of rotatable bonds is 3. The number of para-hydroxylation sites is 1. The van der Waals surface area contributed by atoms with E-state index >= 15 is 0 Å². The number of hydrogen-bond donors (Lipinski definition) is 1. The monoisotopic (exact) mass is 266 g/mol. The van der Waals surface area contributed by atoms with Crippen LogP contribution in [0.1, 0.15) is 47.1 Å². The molecule has 2 aromatic carbocycles. The maximum absolute atomic E-state index is 10.7. The topological polar surface area (TPSA) is 29.5 Å². The van der Waals surface area contributed by atoms with Gasteiger partial charge in [0.1, 0.15) is 11.9 Å². The lowest BCUT2D eigenvalue weighted by molar-refractivity contribution is 0.213. The van der Waals surface area contributed by atoms with Gasteiger partial charge >= 0.3 is 0 Å². The first-order valence-corrected chi connectivity index (χ1v) is 7.35. The Morgan fingerprint density at radius 3 is 2.80 bits per heavy atom. The van der Waals surface area contributed by atoms with Crippen LogP contribution in [0.25, 0.3) is 0 Å². The fraction of sp³-hybridized carbons (Fsp3) is 0.333. The summed E-state index contributed by atoms with van der Waals surface area (Å²) in [5.41, 5.74) is 4.43. The van der Waals surface area contributed by atoms with Crippen LogP contribution in [-0.2, 0) is 6.42 Å². The number of aliphatic hydroxyl groups is 1. The number of aliphatic hydroxyl groups excluding tert-OH is 1. The lowest BCUT2D eigenvalue weighted by Crippen LogP contribution is -2.02. The highest BCUT2D eigenvalue weighted by Gasteiger charge is 2.25. The summed E-state index contributed by atoms with van der Waals surface area (Å²) in [6, 6.07) is 14.4. The van der Waals surface area contributed by atoms with Crippen LogP contribution in [0.3, 0.4) is 0 Å². The molecule has 0 amide bonds. The first-order chi connectivity index (χ1) is 9.83. The van der Waals surface area contributed by atoms with Gasteiger partial charge < -0.3 is 9.84 Å². The fourth-order valence-corrected chi connectivity index (χ4v) is 3.04. The molecule has 0 radical (unpaired) electrons. The van der Waals surface area contributed by atoms with Gasteiger partial charge in [0.25, 0.3) is 0 Å². The van der Waals surface area contributed by atoms with Gasteiger partial charge in [-0.25, -0.2) is 0 Å². The molecule has 2 nitrogen and oxygen atoms in total. The van der Waals surface area contributed by atoms with Gasteiger partial charge in [-0.3, -0.25) is 0 Å². The number of hydrogen-bond acceptors (Lipinski definition) is 2. The molecule has 1 unspecified atom stereocenters. The first kappa shape index (κ1) is 12.0. The van der Waals surface area contributed by atoms with Crippen LogP contribution in [0, 0.1) is 0 Å². The van der Waals surface area contributed by atoms with Crippen molar-refractivity contribution in [1.29, 1.82) is 0 Å². The molecule has 1 saturated carbocycles. The summed E-state index contributed by atoms with van der Waals surface area (Å²) < 4.78 is 5.70. The van der Waals surface area contributed by atoms with Crippen molar-refractivity contribution in [3.05, 3.63) is 64.7 Å². The summed E-state index contributed by atoms with van der Waals surface area (Å²) in [7, 11) is 0. The highest BCUT2D eigenvalue weighted by Crippen LogP contribution is 2.42. The predicted octanol–water partition coefficient (Wildman–Crippen LogP) is 3.58. The molecule has 4 rings (SSSR count). The molecule has 1 fully saturated rings. The van der Waals surface area contributed by atoms with Crippen LogP contribution in [0.4, 0.5) is 0 Å². The molecule has 1 atom stereocenters. The van der Waals surface area contributed by atoms with Crippen LogP contribution in [-0.4, -0.2) is 11.7 Å². The SMILES string of the molecule is OC(c1cccc(C2CC2)c1)c1cccc2c1OCC2. The quantitative estimate of drug-likeness (QED) is 0.920. The Labute approximate surface area is 119 Å². The maximum atomic E-state index is 10.7. The third-order valence-electron chi connectivity index (χ3n) is 4.31. The molecule has 1 aliphatic carbocycles. The Morgan fingerprint density at radius 1 is 1.10 bits per heavy atom. The lowest BCUT2D eigenvalue weighted by atomic mass is 9.96. The molecule has 20 heavy (non-hydrogen) atoms. The van der Waals surface area contributed by atoms with Crippen molar-refractivity contribution in [2.75, 3.05) is 6.61 Å². The van der Waals surface area contributed by atoms with Gasteiger partial charge in [-0.2, -0.15) is 0 Å². The van der Waals surface area contributed by atoms with E-state index in [4.69, 9.17) is 4.74 Å². The maximum Gasteiger partial charge on any atom is 0.128 e. The number of benzene rings is 2. The Hall–Kier alpha value is -1.80. The molecule has 0 saturated heterocycles. The Kier molecular flexibility index (Phi) is 2.78. The van der Waals surface area contributed by atoms with Crippen LogP contribution in [0.15, 0.2) is 42.5 Å². The van der Waals surface area contributed by atoms with E-state index in [0.29, 0.717) is 5.92 Å². The Bertz CT molecular complexity index is 644. The zero-order chi connectivity index (χ0) is 13.5. The van der Waals surface area contributed by atoms with E-state index in [1.54, 1.807) is 0 Å². The summed E-state index contributed by atoms with van der Waals surface area (Å²) in [6.07, 6.45) is 2.91. The molecule has 2 aliphatic rings. The van der Waals surface area contributed by atoms with Crippen LogP contribution >= 0.6 is 0 Å². The van der Waals surface area contributed by atoms with Crippen molar-refractivity contribution >= 4 is 0 Å². The van der Waals surface area contributed by atoms with Crippen molar-refractivity contribution in [1.82, 2.24) is 0 Å². The van der Waals surface area contributed by atoms with Crippen molar-refractivity contribution < 1.29 is 9.84 Å². The normalized spacial score (nSPS) is 18.4. The van der Waals surface area contributed by atoms with E-state index < -0.39 is 6.10 Å². The van der Waals surface area contributed by atoms with Crippen LogP contribution < -0.4 is 4.74 Å². The van der Waals surface area contributed by atoms with Gasteiger partial charge in [0.2, 0.25) is 0 Å². The summed E-state index contributed by atoms with van der Waals surface area (Å²) in [5, 5.41) is 10.7. The molecule has 1 heterocycles. The standard InChI is InChI=1S/C18H18O2/c19-17(15-5-1-4-14(11-15)12-7-8-12)16-6-2-3-13-9-10-20-18(13)16/h1-6,11-12,17,19H,7-10H2. The third kappa shape index (κ3) is 2.01. The van der Waals surface area contributed by atoms with Crippen molar-refractivity contribution in [2.24, 2.45) is 0 Å². The van der Waals surface area contributed by atoms with E-state index in [9.17, 15) is 5.11 Å². The highest BCUT2D eigenvalue weighted by atomic mass is 16.5. The minimum Gasteiger partial charge on any atom is -0.493 e. The van der Waals surface area contributed by atoms with E-state index in [1.165, 1.54) is 24.0 Å². The van der Waals surface area contributed by atoms with Crippen molar-refractivity contribution in [2.45, 2.75) is 31.3 Å². The van der Waals surface area contributed by atoms with E-state index in [0.717, 1.165) is 29.9 Å². The van der Waals surface area contributed by atoms with Gasteiger partial charge in [-0.1, -0.05) is 42.5 Å². The molecule has 1 N–H and O–H groups in total. The molecule has 0 aromatic heterocycles. The van der Waals surface area contributed by atoms with Gasteiger partial charge in [-0.15, -0.1) is 0 Å². The van der Waals surface area contributed by atoms with E-state index in [-0.39, 0.29) is 0 Å². The van der Waals surface area contributed by atoms with Gasteiger partial charge in [0, 0.05) is 12.0 Å².